The van der Waals surface area contributed by atoms with E-state index in [1.807, 2.05) is 56.9 Å². The fourth-order valence-electron chi connectivity index (χ4n) is 3.03. The Morgan fingerprint density at radius 1 is 1.20 bits per heavy atom. The average Bonchev–Trinajstić information content (AvgIpc) is 2.59. The number of hydrogen-bond acceptors (Lipinski definition) is 3. The first-order valence-electron chi connectivity index (χ1n) is 9.08. The van der Waals surface area contributed by atoms with E-state index in [1.54, 1.807) is 0 Å². The molecule has 0 bridgehead atoms. The fraction of sp³-hybridized carbons (Fsp3) is 0.600. The first-order valence-corrected chi connectivity index (χ1v) is 9.08. The monoisotopic (exact) mass is 346 g/mol. The van der Waals surface area contributed by atoms with Crippen LogP contribution in [0.2, 0.25) is 0 Å². The Hall–Kier alpha value is -1.88. The Kier molecular flexibility index (Phi) is 6.59. The standard InChI is InChI=1S/C20H30N2O3/c1-5-25-14-16-8-6-7-9-17(16)21-18(23)15-10-12-22(13-11-15)19(24)20(2,3)4/h6-9,15H,5,10-14H2,1-4H3,(H,21,23). The van der Waals surface area contributed by atoms with Crippen LogP contribution in [-0.2, 0) is 20.9 Å². The minimum absolute atomic E-state index is 0.0341. The summed E-state index contributed by atoms with van der Waals surface area (Å²) in [6.07, 6.45) is 1.42. The smallest absolute Gasteiger partial charge is 0.227 e. The largest absolute Gasteiger partial charge is 0.377 e. The van der Waals surface area contributed by atoms with E-state index in [9.17, 15) is 9.59 Å². The molecule has 1 aliphatic heterocycles. The zero-order chi connectivity index (χ0) is 18.4. The average molecular weight is 346 g/mol. The number of anilines is 1. The number of piperidine rings is 1. The molecule has 0 aliphatic carbocycles. The number of likely N-dealkylation sites (tertiary alicyclic amines) is 1. The maximum Gasteiger partial charge on any atom is 0.227 e. The van der Waals surface area contributed by atoms with Gasteiger partial charge in [-0.3, -0.25) is 9.59 Å². The van der Waals surface area contributed by atoms with E-state index in [0.717, 1.165) is 11.3 Å². The summed E-state index contributed by atoms with van der Waals surface area (Å²) in [5, 5.41) is 3.04. The highest BCUT2D eigenvalue weighted by Gasteiger charge is 2.32. The number of rotatable bonds is 5. The van der Waals surface area contributed by atoms with Crippen LogP contribution in [0, 0.1) is 11.3 Å². The summed E-state index contributed by atoms with van der Waals surface area (Å²) in [6.45, 7) is 10.2. The molecule has 1 aromatic carbocycles. The molecule has 1 saturated heterocycles. The summed E-state index contributed by atoms with van der Waals surface area (Å²) in [5.41, 5.74) is 1.43. The van der Waals surface area contributed by atoms with E-state index >= 15 is 0 Å². The van der Waals surface area contributed by atoms with Gasteiger partial charge in [-0.2, -0.15) is 0 Å². The summed E-state index contributed by atoms with van der Waals surface area (Å²) in [4.78, 5) is 26.8. The number of benzene rings is 1. The SMILES string of the molecule is CCOCc1ccccc1NC(=O)C1CCN(C(=O)C(C)(C)C)CC1. The summed E-state index contributed by atoms with van der Waals surface area (Å²) in [7, 11) is 0. The highest BCUT2D eigenvalue weighted by molar-refractivity contribution is 5.93. The summed E-state index contributed by atoms with van der Waals surface area (Å²) in [5.74, 6) is 0.143. The number of para-hydroxylation sites is 1. The predicted octanol–water partition coefficient (Wildman–Crippen LogP) is 3.45. The minimum atomic E-state index is -0.368. The van der Waals surface area contributed by atoms with Crippen LogP contribution >= 0.6 is 0 Å². The van der Waals surface area contributed by atoms with Crippen molar-refractivity contribution < 1.29 is 14.3 Å². The second-order valence-corrected chi connectivity index (χ2v) is 7.60. The van der Waals surface area contributed by atoms with Gasteiger partial charge in [0.05, 0.1) is 6.61 Å². The van der Waals surface area contributed by atoms with Crippen LogP contribution < -0.4 is 5.32 Å². The van der Waals surface area contributed by atoms with E-state index in [2.05, 4.69) is 5.32 Å². The number of carbonyl (C=O) groups excluding carboxylic acids is 2. The Labute approximate surface area is 150 Å². The van der Waals surface area contributed by atoms with Crippen LogP contribution in [-0.4, -0.2) is 36.4 Å². The molecule has 1 heterocycles. The van der Waals surface area contributed by atoms with Gasteiger partial charge < -0.3 is 15.0 Å². The molecular formula is C20H30N2O3. The molecule has 0 saturated carbocycles. The van der Waals surface area contributed by atoms with E-state index in [1.165, 1.54) is 0 Å². The lowest BCUT2D eigenvalue weighted by Gasteiger charge is -2.35. The van der Waals surface area contributed by atoms with E-state index in [-0.39, 0.29) is 23.1 Å². The summed E-state index contributed by atoms with van der Waals surface area (Å²) < 4.78 is 5.46. The maximum atomic E-state index is 12.6. The second-order valence-electron chi connectivity index (χ2n) is 7.60. The van der Waals surface area contributed by atoms with Gasteiger partial charge in [0.1, 0.15) is 0 Å². The van der Waals surface area contributed by atoms with Crippen LogP contribution in [0.1, 0.15) is 46.1 Å². The van der Waals surface area contributed by atoms with Gasteiger partial charge in [0, 0.05) is 42.3 Å². The van der Waals surface area contributed by atoms with Crippen molar-refractivity contribution in [1.82, 2.24) is 4.90 Å². The molecule has 25 heavy (non-hydrogen) atoms. The first-order chi connectivity index (χ1) is 11.8. The van der Waals surface area contributed by atoms with E-state index < -0.39 is 0 Å². The highest BCUT2D eigenvalue weighted by atomic mass is 16.5. The quantitative estimate of drug-likeness (QED) is 0.888. The summed E-state index contributed by atoms with van der Waals surface area (Å²) >= 11 is 0. The third-order valence-corrected chi connectivity index (χ3v) is 4.53. The van der Waals surface area contributed by atoms with Gasteiger partial charge in [-0.25, -0.2) is 0 Å². The molecule has 0 radical (unpaired) electrons. The number of nitrogens with zero attached hydrogens (tertiary/aromatic N) is 1. The molecule has 2 rings (SSSR count). The Morgan fingerprint density at radius 3 is 2.44 bits per heavy atom. The molecule has 2 amide bonds. The zero-order valence-electron chi connectivity index (χ0n) is 15.8. The van der Waals surface area contributed by atoms with Gasteiger partial charge in [0.2, 0.25) is 11.8 Å². The predicted molar refractivity (Wildman–Crippen MR) is 99.2 cm³/mol. The van der Waals surface area contributed by atoms with Crippen molar-refractivity contribution in [3.63, 3.8) is 0 Å². The van der Waals surface area contributed by atoms with Gasteiger partial charge in [-0.05, 0) is 25.8 Å². The van der Waals surface area contributed by atoms with Gasteiger partial charge in [0.15, 0.2) is 0 Å². The molecule has 1 fully saturated rings. The maximum absolute atomic E-state index is 12.6. The zero-order valence-corrected chi connectivity index (χ0v) is 15.8. The van der Waals surface area contributed by atoms with Crippen LogP contribution in [0.25, 0.3) is 0 Å². The van der Waals surface area contributed by atoms with Crippen molar-refractivity contribution in [3.8, 4) is 0 Å². The number of ether oxygens (including phenoxy) is 1. The van der Waals surface area contributed by atoms with Crippen LogP contribution in [0.15, 0.2) is 24.3 Å². The molecule has 1 N–H and O–H groups in total. The topological polar surface area (TPSA) is 58.6 Å². The van der Waals surface area contributed by atoms with Gasteiger partial charge >= 0.3 is 0 Å². The number of carbonyl (C=O) groups is 2. The van der Waals surface area contributed by atoms with E-state index in [4.69, 9.17) is 4.74 Å². The van der Waals surface area contributed by atoms with Crippen LogP contribution in [0.3, 0.4) is 0 Å². The Bertz CT molecular complexity index is 599. The highest BCUT2D eigenvalue weighted by Crippen LogP contribution is 2.25. The fourth-order valence-corrected chi connectivity index (χ4v) is 3.03. The minimum Gasteiger partial charge on any atom is -0.377 e. The molecular weight excluding hydrogens is 316 g/mol. The number of nitrogens with one attached hydrogen (secondary N) is 1. The molecule has 0 aromatic heterocycles. The lowest BCUT2D eigenvalue weighted by atomic mass is 9.90. The van der Waals surface area contributed by atoms with Gasteiger partial charge in [-0.1, -0.05) is 39.0 Å². The molecule has 0 unspecified atom stereocenters. The third-order valence-electron chi connectivity index (χ3n) is 4.53. The van der Waals surface area contributed by atoms with Crippen molar-refractivity contribution in [1.29, 1.82) is 0 Å². The number of amides is 2. The first kappa shape index (κ1) is 19.4. The third kappa shape index (κ3) is 5.30. The summed E-state index contributed by atoms with van der Waals surface area (Å²) in [6, 6.07) is 7.73. The second kappa shape index (κ2) is 8.48. The van der Waals surface area contributed by atoms with Crippen LogP contribution in [0.4, 0.5) is 5.69 Å². The Balaban J connectivity index is 1.92. The number of hydrogen-bond donors (Lipinski definition) is 1. The molecule has 5 nitrogen and oxygen atoms in total. The van der Waals surface area contributed by atoms with Crippen molar-refractivity contribution in [2.45, 2.75) is 47.1 Å². The molecule has 138 valence electrons. The molecule has 0 atom stereocenters. The van der Waals surface area contributed by atoms with Crippen molar-refractivity contribution >= 4 is 17.5 Å². The lowest BCUT2D eigenvalue weighted by Crippen LogP contribution is -2.45. The van der Waals surface area contributed by atoms with Gasteiger partial charge in [-0.15, -0.1) is 0 Å². The Morgan fingerprint density at radius 2 is 1.84 bits per heavy atom. The molecule has 1 aliphatic rings. The van der Waals surface area contributed by atoms with E-state index in [0.29, 0.717) is 39.1 Å². The van der Waals surface area contributed by atoms with Gasteiger partial charge in [0.25, 0.3) is 0 Å². The van der Waals surface area contributed by atoms with Crippen LogP contribution in [0.5, 0.6) is 0 Å². The van der Waals surface area contributed by atoms with Crippen molar-refractivity contribution in [2.75, 3.05) is 25.0 Å². The van der Waals surface area contributed by atoms with Crippen molar-refractivity contribution in [3.05, 3.63) is 29.8 Å². The molecule has 0 spiro atoms. The van der Waals surface area contributed by atoms with Crippen molar-refractivity contribution in [2.24, 2.45) is 11.3 Å². The molecule has 1 aromatic rings. The lowest BCUT2D eigenvalue weighted by molar-refractivity contribution is -0.142. The normalized spacial score (nSPS) is 15.9. The molecule has 5 heteroatoms.